The maximum Gasteiger partial charge on any atom is 0.353 e. The van der Waals surface area contributed by atoms with Crippen LogP contribution in [0.25, 0.3) is 33.7 Å². The van der Waals surface area contributed by atoms with Gasteiger partial charge in [0.25, 0.3) is 23.2 Å². The van der Waals surface area contributed by atoms with E-state index in [-0.39, 0.29) is 51.8 Å². The zero-order chi connectivity index (χ0) is 82.3. The van der Waals surface area contributed by atoms with Gasteiger partial charge in [-0.2, -0.15) is 0 Å². The highest BCUT2D eigenvalue weighted by atomic mass is 35.6. The van der Waals surface area contributed by atoms with Gasteiger partial charge < -0.3 is 40.6 Å². The summed E-state index contributed by atoms with van der Waals surface area (Å²) in [5.41, 5.74) is 5.47. The Kier molecular flexibility index (Phi) is 30.1. The van der Waals surface area contributed by atoms with Crippen molar-refractivity contribution in [3.05, 3.63) is 174 Å². The van der Waals surface area contributed by atoms with Crippen molar-refractivity contribution in [1.29, 1.82) is 0 Å². The molecule has 6 amide bonds. The molecule has 33 heteroatoms. The number of carbonyl (C=O) groups excluding carboxylic acids is 10. The number of alkyl halides is 3. The van der Waals surface area contributed by atoms with Crippen molar-refractivity contribution in [1.82, 2.24) is 52.1 Å². The van der Waals surface area contributed by atoms with Crippen LogP contribution in [-0.4, -0.2) is 154 Å². The smallest absolute Gasteiger partial charge is 0.353 e. The number of ether oxygens (including phenoxy) is 3. The Labute approximate surface area is 656 Å². The molecule has 8 atom stereocenters. The molecule has 3 aliphatic rings. The highest BCUT2D eigenvalue weighted by Crippen LogP contribution is 2.31. The summed E-state index contributed by atoms with van der Waals surface area (Å²) in [4.78, 5) is 159. The maximum atomic E-state index is 13.4. The van der Waals surface area contributed by atoms with E-state index in [4.69, 9.17) is 44.3 Å². The molecule has 0 saturated carbocycles. The SMILES string of the molecule is CC(C)[C@@H]1NC(=O)C(C)(C)/C=C/c2cc3cc(ccc3cn2)[C@@H](C)OC(=O)[C@@H]2CCCN(N2)C(=O)[C@H](C)NC1=O.CC(C)[C@H](NC(=O)C(C)(C)/C=C/c1cc2cc([C@@H](C)O)ccc2cn1)C(=O)N[C@@H](C)C(=O)N1CCC[C@@H](C(=O)OCC(Cl)(Cl)Cl)N1.Cc1cccc([N+](=O)[O-])c1C(=O)OC(=O)c1c(C)cccc1[N+](=O)[O-]. The van der Waals surface area contributed by atoms with Gasteiger partial charge in [-0.25, -0.2) is 20.4 Å². The number of pyridine rings is 2. The Morgan fingerprint density at radius 3 is 1.95 bits per heavy atom. The largest absolute Gasteiger partial charge is 0.460 e. The first-order valence-electron chi connectivity index (χ1n) is 35.9. The number of hydrazine groups is 2. The number of nitrogens with one attached hydrogen (secondary N) is 6. The number of cyclic esters (lactones) is 1. The molecule has 594 valence electrons. The molecule has 111 heavy (non-hydrogen) atoms. The fourth-order valence-electron chi connectivity index (χ4n) is 11.8. The summed E-state index contributed by atoms with van der Waals surface area (Å²) >= 11 is 17.0. The maximum absolute atomic E-state index is 13.4. The van der Waals surface area contributed by atoms with Crippen molar-refractivity contribution >= 4 is 139 Å². The molecule has 6 aromatic rings. The van der Waals surface area contributed by atoms with E-state index in [0.717, 1.165) is 44.8 Å². The summed E-state index contributed by atoms with van der Waals surface area (Å²) in [5, 5.41) is 49.5. The predicted octanol–water partition coefficient (Wildman–Crippen LogP) is 10.5. The fourth-order valence-corrected chi connectivity index (χ4v) is 12.0. The average molecular weight is 1590 g/mol. The molecular formula is C78H93Cl3N12O18. The molecule has 0 unspecified atom stereocenters. The summed E-state index contributed by atoms with van der Waals surface area (Å²) in [5.74, 6) is -6.64. The minimum atomic E-state index is -1.76. The second-order valence-electron chi connectivity index (χ2n) is 29.1. The van der Waals surface area contributed by atoms with Crippen molar-refractivity contribution in [2.24, 2.45) is 22.7 Å². The Bertz CT molecular complexity index is 4530. The third kappa shape index (κ3) is 23.8. The lowest BCUT2D eigenvalue weighted by Gasteiger charge is -2.35. The molecule has 0 radical (unpaired) electrons. The van der Waals surface area contributed by atoms with E-state index < -0.39 is 133 Å². The van der Waals surface area contributed by atoms with Crippen LogP contribution in [0.5, 0.6) is 0 Å². The van der Waals surface area contributed by atoms with Crippen LogP contribution in [0.1, 0.15) is 175 Å². The zero-order valence-corrected chi connectivity index (χ0v) is 66.2. The second-order valence-corrected chi connectivity index (χ2v) is 31.6. The van der Waals surface area contributed by atoms with Crippen molar-refractivity contribution in [3.63, 3.8) is 0 Å². The van der Waals surface area contributed by atoms with Gasteiger partial charge in [-0.05, 0) is 176 Å². The number of nitro groups is 2. The van der Waals surface area contributed by atoms with Crippen LogP contribution in [0, 0.1) is 56.7 Å². The number of hydrogen-bond acceptors (Lipinski definition) is 22. The molecule has 4 aromatic carbocycles. The number of esters is 4. The number of amides is 6. The molecule has 2 saturated heterocycles. The van der Waals surface area contributed by atoms with Crippen molar-refractivity contribution in [2.45, 2.75) is 175 Å². The highest BCUT2D eigenvalue weighted by Gasteiger charge is 2.39. The van der Waals surface area contributed by atoms with Crippen molar-refractivity contribution < 1.29 is 77.1 Å². The number of aliphatic hydroxyl groups is 1. The van der Waals surface area contributed by atoms with Crippen molar-refractivity contribution in [2.75, 3.05) is 19.7 Å². The van der Waals surface area contributed by atoms with Gasteiger partial charge in [0.15, 0.2) is 0 Å². The van der Waals surface area contributed by atoms with E-state index in [1.54, 1.807) is 92.1 Å². The third-order valence-electron chi connectivity index (χ3n) is 18.6. The van der Waals surface area contributed by atoms with Gasteiger partial charge in [0.1, 0.15) is 60.1 Å². The van der Waals surface area contributed by atoms with Gasteiger partial charge >= 0.3 is 23.9 Å². The molecule has 5 heterocycles. The average Bonchev–Trinajstić information content (AvgIpc) is 1.16. The lowest BCUT2D eigenvalue weighted by atomic mass is 9.90. The minimum absolute atomic E-state index is 0.224. The summed E-state index contributed by atoms with van der Waals surface area (Å²) in [7, 11) is 0. The number of rotatable bonds is 16. The van der Waals surface area contributed by atoms with Gasteiger partial charge in [0.05, 0.1) is 38.2 Å². The number of nitrogens with zero attached hydrogens (tertiary/aromatic N) is 6. The molecule has 0 spiro atoms. The number of aromatic nitrogens is 2. The van der Waals surface area contributed by atoms with E-state index >= 15 is 0 Å². The number of aryl methyl sites for hydroxylation is 2. The lowest BCUT2D eigenvalue weighted by molar-refractivity contribution is -0.385. The summed E-state index contributed by atoms with van der Waals surface area (Å²) < 4.78 is 13.7. The molecule has 0 aliphatic carbocycles. The van der Waals surface area contributed by atoms with Gasteiger partial charge in [0.2, 0.25) is 27.4 Å². The first-order valence-corrected chi connectivity index (χ1v) is 37.0. The summed E-state index contributed by atoms with van der Waals surface area (Å²) in [6, 6.07) is 18.0. The number of nitro benzene ring substituents is 2. The second kappa shape index (κ2) is 38.0. The Morgan fingerprint density at radius 1 is 0.766 bits per heavy atom. The highest BCUT2D eigenvalue weighted by molar-refractivity contribution is 6.67. The number of aliphatic hydroxyl groups excluding tert-OH is 1. The van der Waals surface area contributed by atoms with Crippen LogP contribution in [-0.2, 0) is 52.6 Å². The summed E-state index contributed by atoms with van der Waals surface area (Å²) in [6.45, 7) is 24.0. The minimum Gasteiger partial charge on any atom is -0.460 e. The molecule has 2 aromatic heterocycles. The third-order valence-corrected chi connectivity index (χ3v) is 18.9. The fraction of sp³-hybridized carbons (Fsp3) is 0.436. The molecular weight excluding hydrogens is 1500 g/mol. The molecule has 5 bridgehead atoms. The number of fused-ring (bicyclic) bond motifs is 5. The molecule has 30 nitrogen and oxygen atoms in total. The number of benzene rings is 4. The monoisotopic (exact) mass is 1590 g/mol. The van der Waals surface area contributed by atoms with Gasteiger partial charge in [0, 0.05) is 48.4 Å². The Morgan fingerprint density at radius 2 is 1.36 bits per heavy atom. The number of carbonyl (C=O) groups is 10. The van der Waals surface area contributed by atoms with Gasteiger partial charge in [-0.1, -0.05) is 123 Å². The van der Waals surface area contributed by atoms with Crippen LogP contribution in [0.15, 0.2) is 109 Å². The van der Waals surface area contributed by atoms with E-state index in [0.29, 0.717) is 50.2 Å². The van der Waals surface area contributed by atoms with E-state index in [9.17, 15) is 73.3 Å². The number of hydrogen-bond donors (Lipinski definition) is 7. The molecule has 2 fully saturated rings. The Hall–Kier alpha value is -10.4. The normalized spacial score (nSPS) is 19.5. The van der Waals surface area contributed by atoms with Crippen LogP contribution >= 0.6 is 34.8 Å². The molecule has 9 rings (SSSR count). The van der Waals surface area contributed by atoms with Crippen LogP contribution in [0.2, 0.25) is 0 Å². The number of halogens is 3. The van der Waals surface area contributed by atoms with Crippen molar-refractivity contribution in [3.8, 4) is 0 Å². The first kappa shape index (κ1) is 87.9. The van der Waals surface area contributed by atoms with Crippen LogP contribution < -0.4 is 32.1 Å². The zero-order valence-electron chi connectivity index (χ0n) is 64.0. The van der Waals surface area contributed by atoms with E-state index in [1.165, 1.54) is 55.1 Å². The van der Waals surface area contributed by atoms with E-state index in [2.05, 4.69) is 46.8 Å². The molecule has 7 N–H and O–H groups in total. The summed E-state index contributed by atoms with van der Waals surface area (Å²) in [6.07, 6.45) is 11.4. The Balaban J connectivity index is 0.000000241. The quantitative estimate of drug-likeness (QED) is 0.0118. The standard InChI is InChI=1S/C32H42Cl3N5O6.C30H39N5O5.C16H12N2O7/c1-18(2)26(27(42)37-19(3)28(43)40-13-7-8-25(39-40)29(44)46-17-32(33,34)35)38-30(45)31(5,6)12-11-24-15-23-14-21(20(4)41)9-10-22(23)16-36-24;1-17(2)25-26(36)32-18(3)27(37)35-13-7-8-24(34-35)28(38)40-19(4)20-9-10-21-16-31-23(15-22(21)14-20)11-12-30(5,6)29(39)33-25;1-9-5-3-7-11(17(21)22)13(9)15(19)25-16(20)14-10(2)6-4-8-12(14)18(23)24/h9-12,14-16,18-20,25-26,39,41H,7-8,13,17H2,1-6H3,(H,37,42)(H,38,45);9-12,14-19,24-25,34H,7-8,13H2,1-6H3,(H,32,36)(H,33,39);3-8H,1-2H3/b2*12-11+;/t19-,20+,25-,26-;18-,19+,24-,25-;/m00./s1. The predicted molar refractivity (Wildman–Crippen MR) is 415 cm³/mol. The topological polar surface area (TPSA) is 409 Å². The van der Waals surface area contributed by atoms with Gasteiger partial charge in [-0.3, -0.25) is 78.6 Å². The van der Waals surface area contributed by atoms with Crippen LogP contribution in [0.3, 0.4) is 0 Å². The van der Waals surface area contributed by atoms with Gasteiger partial charge in [-0.15, -0.1) is 0 Å². The molecule has 3 aliphatic heterocycles. The lowest BCUT2D eigenvalue weighted by Crippen LogP contribution is -2.61. The van der Waals surface area contributed by atoms with Crippen LogP contribution in [0.4, 0.5) is 11.4 Å². The van der Waals surface area contributed by atoms with E-state index in [1.807, 2.05) is 69.3 Å². The first-order chi connectivity index (χ1) is 52.0.